The van der Waals surface area contributed by atoms with E-state index >= 15 is 0 Å². The summed E-state index contributed by atoms with van der Waals surface area (Å²) in [6, 6.07) is 0. The number of methoxy groups -OCH3 is 1. The third kappa shape index (κ3) is 9.71. The second-order valence-corrected chi connectivity index (χ2v) is 32.1. The third-order valence-electron chi connectivity index (χ3n) is 10.7. The number of hydrogen-bond acceptors (Lipinski definition) is 7. The minimum absolute atomic E-state index is 0.0168. The molecular weight excluding hydrogens is 708 g/mol. The van der Waals surface area contributed by atoms with Gasteiger partial charge in [-0.3, -0.25) is 4.79 Å². The third-order valence-corrected chi connectivity index (χ3v) is 24.5. The van der Waals surface area contributed by atoms with Gasteiger partial charge in [0.2, 0.25) is 0 Å². The van der Waals surface area contributed by atoms with E-state index in [2.05, 4.69) is 130 Å². The number of hydrogen-bond donors (Lipinski definition) is 0. The first-order valence-corrected chi connectivity index (χ1v) is 25.9. The number of rotatable bonds is 10. The molecule has 2 fully saturated rings. The van der Waals surface area contributed by atoms with Gasteiger partial charge in [0, 0.05) is 0 Å². The van der Waals surface area contributed by atoms with E-state index < -0.39 is 31.1 Å². The molecule has 0 aliphatic carbocycles. The van der Waals surface area contributed by atoms with E-state index in [1.807, 2.05) is 4.08 Å². The van der Waals surface area contributed by atoms with E-state index in [0.29, 0.717) is 0 Å². The Balaban J connectivity index is 2.73. The van der Waals surface area contributed by atoms with Gasteiger partial charge in [-0.05, 0) is 77.4 Å². The summed E-state index contributed by atoms with van der Waals surface area (Å²) in [7, 11) is -5.36. The molecule has 0 bridgehead atoms. The fourth-order valence-corrected chi connectivity index (χ4v) is 9.03. The fraction of sp³-hybridized carbons (Fsp3) is 0.906. The van der Waals surface area contributed by atoms with Gasteiger partial charge < -0.3 is 27.5 Å². The number of esters is 1. The second kappa shape index (κ2) is 14.2. The fourth-order valence-electron chi connectivity index (χ4n) is 4.77. The predicted molar refractivity (Wildman–Crippen MR) is 193 cm³/mol. The van der Waals surface area contributed by atoms with Crippen molar-refractivity contribution >= 4 is 53.5 Å². The smallest absolute Gasteiger partial charge is 0.308 e. The molecule has 0 amide bonds. The molecule has 0 spiro atoms. The number of halogens is 1. The lowest BCUT2D eigenvalue weighted by atomic mass is 9.87. The molecule has 11 heteroatoms. The quantitative estimate of drug-likeness (QED) is 0.125. The highest BCUT2D eigenvalue weighted by atomic mass is 127. The van der Waals surface area contributed by atoms with Gasteiger partial charge in [-0.15, -0.1) is 0 Å². The summed E-state index contributed by atoms with van der Waals surface area (Å²) in [5, 5.41) is -0.00778. The first-order chi connectivity index (χ1) is 19.3. The molecule has 2 rings (SSSR count). The Bertz CT molecular complexity index is 965. The van der Waals surface area contributed by atoms with Gasteiger partial charge in [0.1, 0.15) is 24.4 Å². The Labute approximate surface area is 280 Å². The van der Waals surface area contributed by atoms with Crippen LogP contribution in [-0.4, -0.2) is 80.8 Å². The van der Waals surface area contributed by atoms with Crippen molar-refractivity contribution in [2.75, 3.05) is 7.11 Å². The highest BCUT2D eigenvalue weighted by Crippen LogP contribution is 2.47. The lowest BCUT2D eigenvalue weighted by Gasteiger charge is -2.56. The molecule has 2 saturated heterocycles. The number of carbonyl (C=O) groups is 1. The molecule has 2 aliphatic rings. The monoisotopic (exact) mass is 770 g/mol. The van der Waals surface area contributed by atoms with E-state index in [4.69, 9.17) is 27.5 Å². The van der Waals surface area contributed by atoms with E-state index in [9.17, 15) is 4.79 Å². The van der Waals surface area contributed by atoms with Crippen molar-refractivity contribution in [1.29, 1.82) is 0 Å². The van der Waals surface area contributed by atoms with Crippen molar-refractivity contribution in [3.8, 4) is 0 Å². The molecule has 0 aromatic carbocycles. The lowest BCUT2D eigenvalue weighted by Crippen LogP contribution is -2.69. The van der Waals surface area contributed by atoms with Gasteiger partial charge >= 0.3 is 5.97 Å². The number of ether oxygens (including phenoxy) is 3. The van der Waals surface area contributed by atoms with Gasteiger partial charge in [-0.1, -0.05) is 84.9 Å². The van der Waals surface area contributed by atoms with Gasteiger partial charge in [-0.25, -0.2) is 0 Å². The molecule has 7 nitrogen and oxygen atoms in total. The van der Waals surface area contributed by atoms with Crippen LogP contribution in [0.2, 0.25) is 54.4 Å². The number of carbonyl (C=O) groups excluding carboxylic acids is 1. The Morgan fingerprint density at radius 3 is 1.74 bits per heavy atom. The van der Waals surface area contributed by atoms with Crippen LogP contribution in [0.15, 0.2) is 10.2 Å². The first kappa shape index (κ1) is 39.6. The van der Waals surface area contributed by atoms with Crippen LogP contribution < -0.4 is 0 Å². The largest absolute Gasteiger partial charge is 0.469 e. The average molecular weight is 771 g/mol. The molecule has 7 atom stereocenters. The average Bonchev–Trinajstić information content (AvgIpc) is 2.82. The summed E-state index contributed by atoms with van der Waals surface area (Å²) in [5.74, 6) is -0.260. The zero-order chi connectivity index (χ0) is 33.4. The van der Waals surface area contributed by atoms with Crippen LogP contribution in [0.1, 0.15) is 81.6 Å². The minimum atomic E-state index is -2.31. The molecule has 0 saturated carbocycles. The topological polar surface area (TPSA) is 72.5 Å². The van der Waals surface area contributed by atoms with E-state index in [1.165, 1.54) is 7.11 Å². The molecule has 0 N–H and O–H groups in total. The van der Waals surface area contributed by atoms with Crippen molar-refractivity contribution in [1.82, 2.24) is 0 Å². The van der Waals surface area contributed by atoms with Crippen LogP contribution in [0.3, 0.4) is 0 Å². The van der Waals surface area contributed by atoms with Crippen LogP contribution in [0.25, 0.3) is 0 Å². The summed E-state index contributed by atoms with van der Waals surface area (Å²) in [6.45, 7) is 34.1. The molecular formula is C32H63IO7Si3. The van der Waals surface area contributed by atoms with Crippen LogP contribution in [0, 0.1) is 0 Å². The molecule has 252 valence electrons. The van der Waals surface area contributed by atoms with Crippen LogP contribution in [0.4, 0.5) is 0 Å². The highest BCUT2D eigenvalue weighted by Gasteiger charge is 2.57. The standard InChI is InChI=1S/C32H63IO7Si3/c1-30(2,3)41(11,12)38-24(19-20-33)27-29(40-43(15,16)32(7,8)9)28(39-42(13,14)31(4,5)6)26-23(37-27)18-17-22(36-26)21-25(34)35-10/h19-20,22-24,26-29H,17-18,21H2,1-16H3/b20-19+/t22?,23?,24?,26-,27-,28?,29?/m0/s1. The molecule has 43 heavy (non-hydrogen) atoms. The molecule has 5 unspecified atom stereocenters. The summed E-state index contributed by atoms with van der Waals surface area (Å²) in [5.41, 5.74) is 0. The molecule has 0 aromatic heterocycles. The summed E-state index contributed by atoms with van der Waals surface area (Å²) < 4.78 is 42.8. The summed E-state index contributed by atoms with van der Waals surface area (Å²) >= 11 is 2.29. The van der Waals surface area contributed by atoms with Crippen molar-refractivity contribution < 1.29 is 32.3 Å². The van der Waals surface area contributed by atoms with Crippen LogP contribution in [0.5, 0.6) is 0 Å². The Kier molecular flexibility index (Phi) is 13.1. The van der Waals surface area contributed by atoms with Gasteiger partial charge in [0.15, 0.2) is 25.0 Å². The normalized spacial score (nSPS) is 29.0. The molecule has 0 aromatic rings. The SMILES string of the molecule is COC(=O)CC1CCC2O[C@@H](C(/C=C/I)O[Si](C)(C)C(C)(C)C)C(O[Si](C)(C)C(C)(C)C)C(O[Si](C)(C)C(C)(C)C)[C@H]2O1. The molecule has 2 aliphatic heterocycles. The maximum absolute atomic E-state index is 12.3. The maximum Gasteiger partial charge on any atom is 0.308 e. The summed E-state index contributed by atoms with van der Waals surface area (Å²) in [4.78, 5) is 12.3. The zero-order valence-electron chi connectivity index (χ0n) is 30.1. The summed E-state index contributed by atoms with van der Waals surface area (Å²) in [6.07, 6.45) is 1.61. The Hall–Kier alpha value is 0.391. The first-order valence-electron chi connectivity index (χ1n) is 16.0. The van der Waals surface area contributed by atoms with E-state index in [1.54, 1.807) is 0 Å². The van der Waals surface area contributed by atoms with Crippen molar-refractivity contribution in [3.63, 3.8) is 0 Å². The van der Waals surface area contributed by atoms with Crippen LogP contribution >= 0.6 is 22.6 Å². The highest BCUT2D eigenvalue weighted by molar-refractivity contribution is 14.1. The van der Waals surface area contributed by atoms with Crippen LogP contribution in [-0.2, 0) is 32.3 Å². The van der Waals surface area contributed by atoms with Crippen molar-refractivity contribution in [2.45, 2.75) is 179 Å². The maximum atomic E-state index is 12.3. The minimum Gasteiger partial charge on any atom is -0.469 e. The second-order valence-electron chi connectivity index (χ2n) is 17.1. The van der Waals surface area contributed by atoms with Gasteiger partial charge in [0.05, 0.1) is 31.8 Å². The molecule has 0 radical (unpaired) electrons. The van der Waals surface area contributed by atoms with Gasteiger partial charge in [0.25, 0.3) is 0 Å². The van der Waals surface area contributed by atoms with Crippen molar-refractivity contribution in [3.05, 3.63) is 10.2 Å². The Morgan fingerprint density at radius 2 is 1.30 bits per heavy atom. The Morgan fingerprint density at radius 1 is 0.814 bits per heavy atom. The zero-order valence-corrected chi connectivity index (χ0v) is 35.2. The van der Waals surface area contributed by atoms with Gasteiger partial charge in [-0.2, -0.15) is 0 Å². The van der Waals surface area contributed by atoms with Crippen molar-refractivity contribution in [2.24, 2.45) is 0 Å². The van der Waals surface area contributed by atoms with E-state index in [-0.39, 0.29) is 64.1 Å². The van der Waals surface area contributed by atoms with E-state index in [0.717, 1.165) is 12.8 Å². The lowest BCUT2D eigenvalue weighted by molar-refractivity contribution is -0.266. The molecule has 2 heterocycles. The number of fused-ring (bicyclic) bond motifs is 1. The predicted octanol–water partition coefficient (Wildman–Crippen LogP) is 8.98.